The number of aromatic nitrogens is 4. The molecule has 10 nitrogen and oxygen atoms in total. The Balaban J connectivity index is 1.58. The summed E-state index contributed by atoms with van der Waals surface area (Å²) < 4.78 is 1.19. The van der Waals surface area contributed by atoms with Crippen LogP contribution in [0, 0.1) is 6.92 Å². The number of carbonyl (C=O) groups excluding carboxylic acids is 2. The van der Waals surface area contributed by atoms with Crippen molar-refractivity contribution < 1.29 is 9.59 Å². The van der Waals surface area contributed by atoms with Crippen LogP contribution in [0.1, 0.15) is 23.0 Å². The first-order valence-electron chi connectivity index (χ1n) is 7.70. The van der Waals surface area contributed by atoms with E-state index in [4.69, 9.17) is 5.73 Å². The zero-order chi connectivity index (χ0) is 18.2. The SMILES string of the molecule is Cc1cc(N)cnc1C(=O)NC1(C)CN(C(=O)Cn2cn[nH]c2=O)C1. The first kappa shape index (κ1) is 16.7. The summed E-state index contributed by atoms with van der Waals surface area (Å²) in [7, 11) is 0. The molecule has 1 aliphatic heterocycles. The van der Waals surface area contributed by atoms with Gasteiger partial charge >= 0.3 is 5.69 Å². The van der Waals surface area contributed by atoms with E-state index in [1.165, 1.54) is 17.1 Å². The number of pyridine rings is 1. The molecule has 3 heterocycles. The van der Waals surface area contributed by atoms with Gasteiger partial charge in [0.15, 0.2) is 0 Å². The van der Waals surface area contributed by atoms with E-state index >= 15 is 0 Å². The first-order valence-corrected chi connectivity index (χ1v) is 7.70. The molecule has 2 aromatic heterocycles. The van der Waals surface area contributed by atoms with Crippen molar-refractivity contribution in [2.24, 2.45) is 0 Å². The van der Waals surface area contributed by atoms with Crippen molar-refractivity contribution in [1.29, 1.82) is 0 Å². The zero-order valence-corrected chi connectivity index (χ0v) is 13.9. The molecule has 1 saturated heterocycles. The molecule has 132 valence electrons. The molecule has 4 N–H and O–H groups in total. The molecule has 0 aliphatic carbocycles. The molecule has 2 aromatic rings. The Kier molecular flexibility index (Phi) is 4.03. The summed E-state index contributed by atoms with van der Waals surface area (Å²) in [5.41, 5.74) is 6.16. The normalized spacial score (nSPS) is 15.5. The fourth-order valence-corrected chi connectivity index (χ4v) is 2.85. The molecule has 2 amide bonds. The highest BCUT2D eigenvalue weighted by Crippen LogP contribution is 2.21. The number of nitrogens with zero attached hydrogens (tertiary/aromatic N) is 4. The van der Waals surface area contributed by atoms with Gasteiger partial charge in [0.05, 0.1) is 17.4 Å². The molecule has 0 unspecified atom stereocenters. The number of aromatic amines is 1. The van der Waals surface area contributed by atoms with Gasteiger partial charge in [-0.05, 0) is 25.5 Å². The Labute approximate surface area is 143 Å². The van der Waals surface area contributed by atoms with Crippen LogP contribution >= 0.6 is 0 Å². The van der Waals surface area contributed by atoms with Crippen molar-refractivity contribution in [3.63, 3.8) is 0 Å². The van der Waals surface area contributed by atoms with Crippen LogP contribution in [0.25, 0.3) is 0 Å². The third-order valence-corrected chi connectivity index (χ3v) is 4.09. The second kappa shape index (κ2) is 6.04. The molecule has 3 rings (SSSR count). The Morgan fingerprint density at radius 1 is 1.44 bits per heavy atom. The number of likely N-dealkylation sites (tertiary alicyclic amines) is 1. The molecule has 25 heavy (non-hydrogen) atoms. The lowest BCUT2D eigenvalue weighted by Crippen LogP contribution is -2.70. The smallest absolute Gasteiger partial charge is 0.343 e. The van der Waals surface area contributed by atoms with Crippen LogP contribution in [0.15, 0.2) is 23.4 Å². The fraction of sp³-hybridized carbons (Fsp3) is 0.400. The van der Waals surface area contributed by atoms with Crippen molar-refractivity contribution in [3.8, 4) is 0 Å². The maximum atomic E-state index is 12.4. The Bertz CT molecular complexity index is 879. The number of hydrogen-bond donors (Lipinski definition) is 3. The molecule has 0 spiro atoms. The van der Waals surface area contributed by atoms with Crippen LogP contribution in [0.5, 0.6) is 0 Å². The number of nitrogens with two attached hydrogens (primary N) is 1. The van der Waals surface area contributed by atoms with E-state index in [1.807, 2.05) is 6.92 Å². The second-order valence-electron chi connectivity index (χ2n) is 6.49. The maximum absolute atomic E-state index is 12.4. The Morgan fingerprint density at radius 2 is 2.16 bits per heavy atom. The van der Waals surface area contributed by atoms with Crippen LogP contribution < -0.4 is 16.7 Å². The molecule has 1 aliphatic rings. The molecule has 1 fully saturated rings. The molecule has 0 bridgehead atoms. The monoisotopic (exact) mass is 345 g/mol. The number of carbonyl (C=O) groups is 2. The third-order valence-electron chi connectivity index (χ3n) is 4.09. The van der Waals surface area contributed by atoms with E-state index in [1.54, 1.807) is 17.9 Å². The molecule has 0 saturated carbocycles. The van der Waals surface area contributed by atoms with Crippen LogP contribution in [0.3, 0.4) is 0 Å². The number of H-pyrrole nitrogens is 1. The summed E-state index contributed by atoms with van der Waals surface area (Å²) in [6, 6.07) is 1.68. The predicted octanol–water partition coefficient (Wildman–Crippen LogP) is -1.11. The van der Waals surface area contributed by atoms with Gasteiger partial charge in [-0.2, -0.15) is 5.10 Å². The summed E-state index contributed by atoms with van der Waals surface area (Å²) >= 11 is 0. The van der Waals surface area contributed by atoms with E-state index < -0.39 is 11.2 Å². The summed E-state index contributed by atoms with van der Waals surface area (Å²) in [6.07, 6.45) is 2.71. The predicted molar refractivity (Wildman–Crippen MR) is 88.7 cm³/mol. The summed E-state index contributed by atoms with van der Waals surface area (Å²) in [4.78, 5) is 41.6. The van der Waals surface area contributed by atoms with Gasteiger partial charge in [-0.15, -0.1) is 0 Å². The van der Waals surface area contributed by atoms with Crippen LogP contribution in [-0.4, -0.2) is 55.1 Å². The molecule has 0 aromatic carbocycles. The lowest BCUT2D eigenvalue weighted by molar-refractivity contribution is -0.139. The standard InChI is InChI=1S/C15H19N7O3/c1-9-3-10(16)4-17-12(9)13(24)19-15(2)6-22(7-15)11(23)5-21-8-18-20-14(21)25/h3-4,8H,5-7,16H2,1-2H3,(H,19,24)(H,20,25). The van der Waals surface area contributed by atoms with Gasteiger partial charge in [-0.25, -0.2) is 14.9 Å². The largest absolute Gasteiger partial charge is 0.397 e. The quantitative estimate of drug-likeness (QED) is 0.642. The minimum atomic E-state index is -0.538. The minimum absolute atomic E-state index is 0.0853. The molecule has 10 heteroatoms. The average Bonchev–Trinajstić information content (AvgIpc) is 2.89. The van der Waals surface area contributed by atoms with E-state index in [0.29, 0.717) is 30.0 Å². The fourth-order valence-electron chi connectivity index (χ4n) is 2.85. The van der Waals surface area contributed by atoms with Crippen molar-refractivity contribution >= 4 is 17.5 Å². The second-order valence-corrected chi connectivity index (χ2v) is 6.49. The van der Waals surface area contributed by atoms with Gasteiger partial charge in [0.25, 0.3) is 5.91 Å². The number of nitrogens with one attached hydrogen (secondary N) is 2. The highest BCUT2D eigenvalue weighted by molar-refractivity contribution is 5.94. The molecular weight excluding hydrogens is 326 g/mol. The number of nitrogen functional groups attached to an aromatic ring is 1. The van der Waals surface area contributed by atoms with Crippen molar-refractivity contribution in [1.82, 2.24) is 30.0 Å². The molecular formula is C15H19N7O3. The Morgan fingerprint density at radius 3 is 2.76 bits per heavy atom. The van der Waals surface area contributed by atoms with Gasteiger partial charge < -0.3 is 16.0 Å². The lowest BCUT2D eigenvalue weighted by Gasteiger charge is -2.48. The number of anilines is 1. The highest BCUT2D eigenvalue weighted by atomic mass is 16.2. The number of aryl methyl sites for hydroxylation is 1. The van der Waals surface area contributed by atoms with E-state index in [0.717, 1.165) is 0 Å². The third kappa shape index (κ3) is 3.37. The van der Waals surface area contributed by atoms with Gasteiger partial charge in [-0.3, -0.25) is 14.2 Å². The van der Waals surface area contributed by atoms with E-state index in [2.05, 4.69) is 20.5 Å². The van der Waals surface area contributed by atoms with Crippen LogP contribution in [0.4, 0.5) is 5.69 Å². The zero-order valence-electron chi connectivity index (χ0n) is 13.9. The van der Waals surface area contributed by atoms with E-state index in [-0.39, 0.29) is 18.4 Å². The van der Waals surface area contributed by atoms with Crippen LogP contribution in [-0.2, 0) is 11.3 Å². The van der Waals surface area contributed by atoms with E-state index in [9.17, 15) is 14.4 Å². The number of rotatable bonds is 4. The van der Waals surface area contributed by atoms with Crippen molar-refractivity contribution in [2.75, 3.05) is 18.8 Å². The number of hydrogen-bond acceptors (Lipinski definition) is 6. The van der Waals surface area contributed by atoms with Gasteiger partial charge in [-0.1, -0.05) is 0 Å². The summed E-state index contributed by atoms with van der Waals surface area (Å²) in [5.74, 6) is -0.518. The van der Waals surface area contributed by atoms with Gasteiger partial charge in [0.2, 0.25) is 5.91 Å². The molecule has 0 radical (unpaired) electrons. The number of amides is 2. The summed E-state index contributed by atoms with van der Waals surface area (Å²) in [6.45, 7) is 4.25. The minimum Gasteiger partial charge on any atom is -0.397 e. The topological polar surface area (TPSA) is 139 Å². The van der Waals surface area contributed by atoms with Crippen molar-refractivity contribution in [3.05, 3.63) is 40.3 Å². The molecule has 0 atom stereocenters. The lowest BCUT2D eigenvalue weighted by atomic mass is 9.91. The van der Waals surface area contributed by atoms with Gasteiger partial charge in [0.1, 0.15) is 18.6 Å². The van der Waals surface area contributed by atoms with Crippen molar-refractivity contribution in [2.45, 2.75) is 25.9 Å². The Hall–Kier alpha value is -3.17. The van der Waals surface area contributed by atoms with Crippen LogP contribution in [0.2, 0.25) is 0 Å². The van der Waals surface area contributed by atoms with Gasteiger partial charge in [0, 0.05) is 13.1 Å². The maximum Gasteiger partial charge on any atom is 0.343 e. The average molecular weight is 345 g/mol. The summed E-state index contributed by atoms with van der Waals surface area (Å²) in [5, 5.41) is 8.71. The first-order chi connectivity index (χ1) is 11.8. The highest BCUT2D eigenvalue weighted by Gasteiger charge is 2.42.